The zero-order valence-corrected chi connectivity index (χ0v) is 12.1. The first-order chi connectivity index (χ1) is 8.88. The van der Waals surface area contributed by atoms with Crippen molar-refractivity contribution in [1.29, 1.82) is 0 Å². The zero-order chi connectivity index (χ0) is 14.0. The van der Waals surface area contributed by atoms with Gasteiger partial charge in [0.05, 0.1) is 11.4 Å². The molecular formula is C16H22N2O. The van der Waals surface area contributed by atoms with Crippen LogP contribution in [0.15, 0.2) is 34.7 Å². The lowest BCUT2D eigenvalue weighted by Crippen LogP contribution is -2.27. The van der Waals surface area contributed by atoms with Gasteiger partial charge in [-0.3, -0.25) is 0 Å². The van der Waals surface area contributed by atoms with E-state index in [9.17, 15) is 0 Å². The van der Waals surface area contributed by atoms with Gasteiger partial charge >= 0.3 is 0 Å². The fraction of sp³-hybridized carbons (Fsp3) is 0.375. The van der Waals surface area contributed by atoms with Crippen molar-refractivity contribution in [2.45, 2.75) is 33.1 Å². The fourth-order valence-electron chi connectivity index (χ4n) is 2.02. The van der Waals surface area contributed by atoms with Crippen LogP contribution in [0.5, 0.6) is 0 Å². The number of hydrogen-bond acceptors (Lipinski definition) is 3. The van der Waals surface area contributed by atoms with Gasteiger partial charge in [0.2, 0.25) is 0 Å². The maximum atomic E-state index is 5.98. The highest BCUT2D eigenvalue weighted by molar-refractivity contribution is 5.67. The fourth-order valence-corrected chi connectivity index (χ4v) is 2.02. The third-order valence-electron chi connectivity index (χ3n) is 3.34. The van der Waals surface area contributed by atoms with E-state index < -0.39 is 0 Å². The Morgan fingerprint density at radius 3 is 2.53 bits per heavy atom. The molecule has 0 bridgehead atoms. The minimum atomic E-state index is -0.0789. The minimum absolute atomic E-state index is 0.0789. The number of hydrogen-bond donors (Lipinski definition) is 2. The molecule has 0 saturated carbocycles. The molecule has 0 aliphatic heterocycles. The molecule has 0 atom stereocenters. The second-order valence-corrected chi connectivity index (χ2v) is 5.74. The molecule has 0 aliphatic carbocycles. The van der Waals surface area contributed by atoms with Crippen molar-refractivity contribution in [2.75, 3.05) is 17.6 Å². The molecule has 1 aromatic carbocycles. The van der Waals surface area contributed by atoms with E-state index in [0.717, 1.165) is 29.4 Å². The first-order valence-corrected chi connectivity index (χ1v) is 6.55. The molecule has 0 spiro atoms. The first-order valence-electron chi connectivity index (χ1n) is 6.55. The summed E-state index contributed by atoms with van der Waals surface area (Å²) in [5, 5.41) is 3.42. The molecular weight excluding hydrogens is 236 g/mol. The summed E-state index contributed by atoms with van der Waals surface area (Å²) in [7, 11) is 0. The molecule has 1 heterocycles. The minimum Gasteiger partial charge on any atom is -0.466 e. The average Bonchev–Trinajstić information content (AvgIpc) is 2.78. The van der Waals surface area contributed by atoms with Crippen LogP contribution in [0.2, 0.25) is 0 Å². The lowest BCUT2D eigenvalue weighted by atomic mass is 9.90. The van der Waals surface area contributed by atoms with Crippen LogP contribution >= 0.6 is 0 Å². The second-order valence-electron chi connectivity index (χ2n) is 5.74. The molecule has 3 nitrogen and oxygen atoms in total. The third kappa shape index (κ3) is 3.11. The first kappa shape index (κ1) is 13.5. The van der Waals surface area contributed by atoms with Gasteiger partial charge in [0.1, 0.15) is 11.5 Å². The summed E-state index contributed by atoms with van der Waals surface area (Å²) in [5.41, 5.74) is 8.85. The molecule has 2 aromatic rings. The molecule has 1 aromatic heterocycles. The van der Waals surface area contributed by atoms with E-state index in [1.165, 1.54) is 5.56 Å². The normalized spacial score (nSPS) is 11.6. The van der Waals surface area contributed by atoms with Crippen molar-refractivity contribution in [3.8, 4) is 0 Å². The van der Waals surface area contributed by atoms with Gasteiger partial charge in [-0.1, -0.05) is 19.9 Å². The molecule has 0 aliphatic rings. The van der Waals surface area contributed by atoms with Crippen LogP contribution in [0, 0.1) is 13.8 Å². The van der Waals surface area contributed by atoms with Crippen molar-refractivity contribution < 1.29 is 4.42 Å². The summed E-state index contributed by atoms with van der Waals surface area (Å²) in [5.74, 6) is 1.93. The Bertz CT molecular complexity index is 570. The van der Waals surface area contributed by atoms with Gasteiger partial charge in [-0.25, -0.2) is 0 Å². The molecule has 3 N–H and O–H groups in total. The van der Waals surface area contributed by atoms with Crippen LogP contribution in [0.1, 0.15) is 30.9 Å². The Kier molecular flexibility index (Phi) is 3.56. The average molecular weight is 258 g/mol. The molecule has 0 radical (unpaired) electrons. The predicted octanol–water partition coefficient (Wildman–Crippen LogP) is 3.87. The zero-order valence-electron chi connectivity index (χ0n) is 12.1. The van der Waals surface area contributed by atoms with E-state index >= 15 is 0 Å². The van der Waals surface area contributed by atoms with Crippen molar-refractivity contribution in [2.24, 2.45) is 0 Å². The summed E-state index contributed by atoms with van der Waals surface area (Å²) in [4.78, 5) is 0. The van der Waals surface area contributed by atoms with E-state index in [2.05, 4.69) is 32.2 Å². The van der Waals surface area contributed by atoms with Crippen LogP contribution < -0.4 is 11.1 Å². The molecule has 2 rings (SSSR count). The van der Waals surface area contributed by atoms with E-state index in [1.54, 1.807) is 0 Å². The van der Waals surface area contributed by atoms with E-state index in [0.29, 0.717) is 0 Å². The van der Waals surface area contributed by atoms with Crippen molar-refractivity contribution >= 4 is 11.4 Å². The molecule has 3 heteroatoms. The molecule has 0 saturated heterocycles. The molecule has 0 unspecified atom stereocenters. The van der Waals surface area contributed by atoms with Crippen LogP contribution in [0.25, 0.3) is 0 Å². The number of benzene rings is 1. The smallest absolute Gasteiger partial charge is 0.111 e. The summed E-state index contributed by atoms with van der Waals surface area (Å²) in [6.07, 6.45) is 0. The number of anilines is 2. The Hall–Kier alpha value is -1.90. The quantitative estimate of drug-likeness (QED) is 0.818. The van der Waals surface area contributed by atoms with Crippen molar-refractivity contribution in [3.63, 3.8) is 0 Å². The number of rotatable bonds is 4. The largest absolute Gasteiger partial charge is 0.466 e. The number of aryl methyl sites for hydroxylation is 2. The van der Waals surface area contributed by atoms with Gasteiger partial charge in [0, 0.05) is 12.0 Å². The number of furan rings is 1. The third-order valence-corrected chi connectivity index (χ3v) is 3.34. The van der Waals surface area contributed by atoms with Gasteiger partial charge in [0.15, 0.2) is 0 Å². The van der Waals surface area contributed by atoms with Gasteiger partial charge in [0.25, 0.3) is 0 Å². The SMILES string of the molecule is Cc1ccc(N)c(NCC(C)(C)c2ccc(C)o2)c1. The number of nitrogens with one attached hydrogen (secondary N) is 1. The van der Waals surface area contributed by atoms with E-state index in [1.807, 2.05) is 31.2 Å². The lowest BCUT2D eigenvalue weighted by molar-refractivity contribution is 0.386. The van der Waals surface area contributed by atoms with Crippen LogP contribution in [-0.4, -0.2) is 6.54 Å². The van der Waals surface area contributed by atoms with Gasteiger partial charge in [-0.05, 0) is 43.7 Å². The van der Waals surface area contributed by atoms with Crippen molar-refractivity contribution in [3.05, 3.63) is 47.4 Å². The summed E-state index contributed by atoms with van der Waals surface area (Å²) < 4.78 is 5.72. The Morgan fingerprint density at radius 2 is 1.89 bits per heavy atom. The summed E-state index contributed by atoms with van der Waals surface area (Å²) in [6.45, 7) is 9.11. The topological polar surface area (TPSA) is 51.2 Å². The standard InChI is InChI=1S/C16H22N2O/c1-11-5-7-13(17)14(9-11)18-10-16(3,4)15-8-6-12(2)19-15/h5-9,18H,10,17H2,1-4H3. The van der Waals surface area contributed by atoms with Crippen LogP contribution in [-0.2, 0) is 5.41 Å². The van der Waals surface area contributed by atoms with Crippen LogP contribution in [0.4, 0.5) is 11.4 Å². The number of nitrogens with two attached hydrogens (primary N) is 1. The van der Waals surface area contributed by atoms with E-state index in [-0.39, 0.29) is 5.41 Å². The maximum Gasteiger partial charge on any atom is 0.111 e. The maximum absolute atomic E-state index is 5.98. The van der Waals surface area contributed by atoms with Crippen molar-refractivity contribution in [1.82, 2.24) is 0 Å². The van der Waals surface area contributed by atoms with Gasteiger partial charge < -0.3 is 15.5 Å². The Balaban J connectivity index is 2.11. The Morgan fingerprint density at radius 1 is 1.16 bits per heavy atom. The van der Waals surface area contributed by atoms with Gasteiger partial charge in [-0.15, -0.1) is 0 Å². The van der Waals surface area contributed by atoms with Gasteiger partial charge in [-0.2, -0.15) is 0 Å². The number of nitrogen functional groups attached to an aromatic ring is 1. The summed E-state index contributed by atoms with van der Waals surface area (Å²) >= 11 is 0. The highest BCUT2D eigenvalue weighted by Crippen LogP contribution is 2.27. The molecule has 102 valence electrons. The highest BCUT2D eigenvalue weighted by Gasteiger charge is 2.24. The molecule has 19 heavy (non-hydrogen) atoms. The molecule has 0 fully saturated rings. The van der Waals surface area contributed by atoms with E-state index in [4.69, 9.17) is 10.2 Å². The highest BCUT2D eigenvalue weighted by atomic mass is 16.3. The predicted molar refractivity (Wildman–Crippen MR) is 80.6 cm³/mol. The molecule has 0 amide bonds. The Labute approximate surface area is 114 Å². The monoisotopic (exact) mass is 258 g/mol. The second kappa shape index (κ2) is 5.00. The lowest BCUT2D eigenvalue weighted by Gasteiger charge is -2.24. The summed E-state index contributed by atoms with van der Waals surface area (Å²) in [6, 6.07) is 10.1. The van der Waals surface area contributed by atoms with Crippen LogP contribution in [0.3, 0.4) is 0 Å².